The van der Waals surface area contributed by atoms with Gasteiger partial charge in [-0.15, -0.1) is 0 Å². The first-order valence-electron chi connectivity index (χ1n) is 9.64. The molecule has 0 saturated heterocycles. The Morgan fingerprint density at radius 1 is 1.15 bits per heavy atom. The zero-order chi connectivity index (χ0) is 20.8. The van der Waals surface area contributed by atoms with E-state index >= 15 is 0 Å². The molecule has 0 spiro atoms. The molecule has 0 heterocycles. The third kappa shape index (κ3) is 7.03. The Labute approximate surface area is 162 Å². The quantitative estimate of drug-likeness (QED) is 0.330. The van der Waals surface area contributed by atoms with Gasteiger partial charge in [0, 0.05) is 5.57 Å². The standard InChI is InChI=1S/C21H36O6/c1-14-7-6-11-20(3,25)18(23)13-16(15(2)19(24)27-5)10-12-21(4,26)17(22)9-8-14/h7,16-18,22-23,25-26H,2,6,8-13H2,1,3-5H3. The first-order chi connectivity index (χ1) is 12.4. The summed E-state index contributed by atoms with van der Waals surface area (Å²) in [5, 5.41) is 42.3. The lowest BCUT2D eigenvalue weighted by Crippen LogP contribution is -2.42. The molecule has 27 heavy (non-hydrogen) atoms. The van der Waals surface area contributed by atoms with Crippen molar-refractivity contribution in [2.45, 2.75) is 89.1 Å². The van der Waals surface area contributed by atoms with Crippen LogP contribution in [0.2, 0.25) is 0 Å². The zero-order valence-electron chi connectivity index (χ0n) is 17.1. The molecule has 0 aromatic carbocycles. The molecule has 1 rings (SSSR count). The Morgan fingerprint density at radius 3 is 2.33 bits per heavy atom. The number of ether oxygens (including phenoxy) is 1. The van der Waals surface area contributed by atoms with Crippen LogP contribution >= 0.6 is 0 Å². The molecule has 1 aliphatic rings. The highest BCUT2D eigenvalue weighted by Gasteiger charge is 2.36. The highest BCUT2D eigenvalue weighted by atomic mass is 16.5. The van der Waals surface area contributed by atoms with E-state index in [0.29, 0.717) is 32.1 Å². The summed E-state index contributed by atoms with van der Waals surface area (Å²) in [5.74, 6) is -1.05. The van der Waals surface area contributed by atoms with Crippen molar-refractivity contribution in [1.29, 1.82) is 0 Å². The maximum Gasteiger partial charge on any atom is 0.333 e. The molecule has 0 amide bonds. The molecule has 1 aliphatic carbocycles. The van der Waals surface area contributed by atoms with Gasteiger partial charge in [0.1, 0.15) is 0 Å². The number of hydrogen-bond donors (Lipinski definition) is 4. The second-order valence-electron chi connectivity index (χ2n) is 8.36. The number of methoxy groups -OCH3 is 1. The van der Waals surface area contributed by atoms with Crippen LogP contribution in [0.3, 0.4) is 0 Å². The fraction of sp³-hybridized carbons (Fsp3) is 0.762. The van der Waals surface area contributed by atoms with E-state index in [9.17, 15) is 25.2 Å². The molecule has 5 unspecified atom stereocenters. The van der Waals surface area contributed by atoms with Gasteiger partial charge in [-0.05, 0) is 71.6 Å². The molecule has 0 bridgehead atoms. The topological polar surface area (TPSA) is 107 Å². The third-order valence-electron chi connectivity index (χ3n) is 5.84. The van der Waals surface area contributed by atoms with Crippen LogP contribution in [-0.2, 0) is 9.53 Å². The van der Waals surface area contributed by atoms with Crippen LogP contribution in [0.5, 0.6) is 0 Å². The normalized spacial score (nSPS) is 37.0. The molecule has 6 nitrogen and oxygen atoms in total. The van der Waals surface area contributed by atoms with Gasteiger partial charge >= 0.3 is 5.97 Å². The van der Waals surface area contributed by atoms with Gasteiger partial charge < -0.3 is 25.2 Å². The van der Waals surface area contributed by atoms with Crippen molar-refractivity contribution in [3.8, 4) is 0 Å². The summed E-state index contributed by atoms with van der Waals surface area (Å²) in [6.07, 6.45) is 2.74. The summed E-state index contributed by atoms with van der Waals surface area (Å²) >= 11 is 0. The first kappa shape index (κ1) is 23.8. The minimum Gasteiger partial charge on any atom is -0.466 e. The number of hydrogen-bond acceptors (Lipinski definition) is 6. The molecule has 0 saturated carbocycles. The van der Waals surface area contributed by atoms with Crippen molar-refractivity contribution in [3.05, 3.63) is 23.8 Å². The molecule has 156 valence electrons. The summed E-state index contributed by atoms with van der Waals surface area (Å²) in [5.41, 5.74) is -1.37. The Hall–Kier alpha value is -1.21. The number of esters is 1. The highest BCUT2D eigenvalue weighted by Crippen LogP contribution is 2.33. The predicted octanol–water partition coefficient (Wildman–Crippen LogP) is 2.25. The van der Waals surface area contributed by atoms with Crippen LogP contribution < -0.4 is 0 Å². The molecular weight excluding hydrogens is 348 g/mol. The minimum absolute atomic E-state index is 0.121. The molecule has 0 aliphatic heterocycles. The van der Waals surface area contributed by atoms with E-state index in [-0.39, 0.29) is 18.4 Å². The summed E-state index contributed by atoms with van der Waals surface area (Å²) in [6, 6.07) is 0. The largest absolute Gasteiger partial charge is 0.466 e. The van der Waals surface area contributed by atoms with Crippen molar-refractivity contribution in [1.82, 2.24) is 0 Å². The van der Waals surface area contributed by atoms with Crippen LogP contribution in [0.25, 0.3) is 0 Å². The van der Waals surface area contributed by atoms with Crippen molar-refractivity contribution < 1.29 is 30.0 Å². The van der Waals surface area contributed by atoms with Gasteiger partial charge in [0.2, 0.25) is 0 Å². The smallest absolute Gasteiger partial charge is 0.333 e. The highest BCUT2D eigenvalue weighted by molar-refractivity contribution is 5.88. The number of allylic oxidation sites excluding steroid dienone is 2. The van der Waals surface area contributed by atoms with Crippen LogP contribution in [-0.4, -0.2) is 56.9 Å². The SMILES string of the molecule is C=C(C(=O)OC)C1CCC(C)(O)C(O)CCC(C)=CCCC(C)(O)C(O)C1. The molecule has 6 heteroatoms. The van der Waals surface area contributed by atoms with E-state index in [1.54, 1.807) is 13.8 Å². The maximum absolute atomic E-state index is 11.9. The number of aliphatic hydroxyl groups is 4. The molecule has 0 fully saturated rings. The molecule has 0 aromatic rings. The van der Waals surface area contributed by atoms with E-state index in [1.165, 1.54) is 7.11 Å². The fourth-order valence-corrected chi connectivity index (χ4v) is 3.44. The monoisotopic (exact) mass is 384 g/mol. The van der Waals surface area contributed by atoms with Gasteiger partial charge in [0.25, 0.3) is 0 Å². The lowest BCUT2D eigenvalue weighted by molar-refractivity contribution is -0.137. The summed E-state index contributed by atoms with van der Waals surface area (Å²) in [6.45, 7) is 8.91. The van der Waals surface area contributed by atoms with Gasteiger partial charge in [-0.1, -0.05) is 18.2 Å². The first-order valence-corrected chi connectivity index (χ1v) is 9.64. The molecular formula is C21H36O6. The molecule has 5 atom stereocenters. The van der Waals surface area contributed by atoms with E-state index in [2.05, 4.69) is 6.58 Å². The van der Waals surface area contributed by atoms with Crippen LogP contribution in [0.15, 0.2) is 23.8 Å². The summed E-state index contributed by atoms with van der Waals surface area (Å²) < 4.78 is 4.74. The lowest BCUT2D eigenvalue weighted by atomic mass is 9.79. The van der Waals surface area contributed by atoms with Gasteiger partial charge in [-0.3, -0.25) is 0 Å². The average molecular weight is 385 g/mol. The van der Waals surface area contributed by atoms with Crippen LogP contribution in [0, 0.1) is 5.92 Å². The van der Waals surface area contributed by atoms with Gasteiger partial charge in [0.05, 0.1) is 30.5 Å². The molecule has 4 N–H and O–H groups in total. The summed E-state index contributed by atoms with van der Waals surface area (Å²) in [7, 11) is 1.26. The van der Waals surface area contributed by atoms with E-state index in [0.717, 1.165) is 5.57 Å². The van der Waals surface area contributed by atoms with E-state index in [4.69, 9.17) is 4.74 Å². The third-order valence-corrected chi connectivity index (χ3v) is 5.84. The van der Waals surface area contributed by atoms with Crippen molar-refractivity contribution in [2.75, 3.05) is 7.11 Å². The molecule has 0 aromatic heterocycles. The molecule has 0 radical (unpaired) electrons. The van der Waals surface area contributed by atoms with Gasteiger partial charge in [-0.25, -0.2) is 4.79 Å². The number of rotatable bonds is 2. The number of carbonyl (C=O) groups is 1. The van der Waals surface area contributed by atoms with Gasteiger partial charge in [-0.2, -0.15) is 0 Å². The van der Waals surface area contributed by atoms with Crippen LogP contribution in [0.4, 0.5) is 0 Å². The van der Waals surface area contributed by atoms with Crippen LogP contribution in [0.1, 0.15) is 65.7 Å². The second-order valence-corrected chi connectivity index (χ2v) is 8.36. The fourth-order valence-electron chi connectivity index (χ4n) is 3.44. The minimum atomic E-state index is -1.33. The number of aliphatic hydroxyl groups excluding tert-OH is 2. The summed E-state index contributed by atoms with van der Waals surface area (Å²) in [4.78, 5) is 11.9. The predicted molar refractivity (Wildman–Crippen MR) is 104 cm³/mol. The Morgan fingerprint density at radius 2 is 1.74 bits per heavy atom. The van der Waals surface area contributed by atoms with Crippen molar-refractivity contribution >= 4 is 5.97 Å². The second kappa shape index (κ2) is 9.82. The van der Waals surface area contributed by atoms with Crippen molar-refractivity contribution in [3.63, 3.8) is 0 Å². The average Bonchev–Trinajstić information content (AvgIpc) is 2.60. The number of carbonyl (C=O) groups excluding carboxylic acids is 1. The Balaban J connectivity index is 3.11. The van der Waals surface area contributed by atoms with Crippen molar-refractivity contribution in [2.24, 2.45) is 5.92 Å². The Bertz CT molecular complexity index is 549. The Kier molecular flexibility index (Phi) is 8.67. The maximum atomic E-state index is 11.9. The van der Waals surface area contributed by atoms with E-state index in [1.807, 2.05) is 13.0 Å². The van der Waals surface area contributed by atoms with E-state index < -0.39 is 35.3 Å². The lowest BCUT2D eigenvalue weighted by Gasteiger charge is -2.34. The zero-order valence-corrected chi connectivity index (χ0v) is 17.1. The van der Waals surface area contributed by atoms with Gasteiger partial charge in [0.15, 0.2) is 0 Å².